The normalized spacial score (nSPS) is 14.7. The highest BCUT2D eigenvalue weighted by molar-refractivity contribution is 7.71. The van der Waals surface area contributed by atoms with Crippen LogP contribution in [0.5, 0.6) is 0 Å². The smallest absolute Gasteiger partial charge is 0.326 e. The molecular formula is C22H25ClN6O2S. The first-order chi connectivity index (χ1) is 15.4. The lowest BCUT2D eigenvalue weighted by Gasteiger charge is -2.36. The number of piperazine rings is 1. The number of nitrogens with zero attached hydrogens (tertiary/aromatic N) is 4. The Morgan fingerprint density at radius 1 is 1.22 bits per heavy atom. The molecule has 8 nitrogen and oxygen atoms in total. The van der Waals surface area contributed by atoms with Gasteiger partial charge in [0.1, 0.15) is 10.3 Å². The summed E-state index contributed by atoms with van der Waals surface area (Å²) in [5, 5.41) is 3.77. The fourth-order valence-corrected chi connectivity index (χ4v) is 4.67. The minimum absolute atomic E-state index is 0.177. The van der Waals surface area contributed by atoms with Gasteiger partial charge in [-0.1, -0.05) is 29.9 Å². The lowest BCUT2D eigenvalue weighted by molar-refractivity contribution is 0.0958. The molecule has 0 radical (unpaired) electrons. The molecule has 32 heavy (non-hydrogen) atoms. The molecule has 0 bridgehead atoms. The number of nitrogens with one attached hydrogen (secondary N) is 2. The summed E-state index contributed by atoms with van der Waals surface area (Å²) < 4.78 is 2.14. The van der Waals surface area contributed by atoms with E-state index in [9.17, 15) is 9.59 Å². The third-order valence-electron chi connectivity index (χ3n) is 5.77. The van der Waals surface area contributed by atoms with Crippen molar-refractivity contribution in [3.8, 4) is 0 Å². The second-order valence-corrected chi connectivity index (χ2v) is 8.45. The number of rotatable bonds is 5. The van der Waals surface area contributed by atoms with Crippen molar-refractivity contribution in [3.63, 3.8) is 0 Å². The maximum atomic E-state index is 12.2. The second kappa shape index (κ2) is 9.40. The summed E-state index contributed by atoms with van der Waals surface area (Å²) >= 11 is 11.8. The van der Waals surface area contributed by atoms with Gasteiger partial charge in [0.05, 0.1) is 11.2 Å². The van der Waals surface area contributed by atoms with Gasteiger partial charge < -0.3 is 15.2 Å². The number of hydrogen-bond donors (Lipinski definition) is 2. The molecule has 4 rings (SSSR count). The average molecular weight is 473 g/mol. The summed E-state index contributed by atoms with van der Waals surface area (Å²) in [6, 6.07) is 9.62. The van der Waals surface area contributed by atoms with Crippen LogP contribution in [0.3, 0.4) is 0 Å². The van der Waals surface area contributed by atoms with Crippen LogP contribution in [0.25, 0.3) is 10.9 Å². The van der Waals surface area contributed by atoms with E-state index in [1.165, 1.54) is 0 Å². The van der Waals surface area contributed by atoms with Crippen molar-refractivity contribution in [1.82, 2.24) is 24.8 Å². The SMILES string of the molecule is CCn1c(=O)[nH]c2cc(CN3CCN(c4ccc(C(=O)NC)nc4Cl)CC3)ccc2c1=S. The number of carbonyl (C=O) groups is 1. The van der Waals surface area contributed by atoms with Crippen LogP contribution in [0, 0.1) is 4.64 Å². The topological polar surface area (TPSA) is 86.3 Å². The molecule has 1 aliphatic rings. The third kappa shape index (κ3) is 4.41. The number of aromatic amines is 1. The fraction of sp³-hybridized carbons (Fsp3) is 0.364. The summed E-state index contributed by atoms with van der Waals surface area (Å²) in [5.74, 6) is -0.257. The van der Waals surface area contributed by atoms with E-state index in [-0.39, 0.29) is 11.6 Å². The molecule has 0 aliphatic carbocycles. The van der Waals surface area contributed by atoms with Crippen LogP contribution >= 0.6 is 23.8 Å². The number of amides is 1. The minimum atomic E-state index is -0.257. The summed E-state index contributed by atoms with van der Waals surface area (Å²) in [6.45, 7) is 6.56. The Labute approximate surface area is 195 Å². The van der Waals surface area contributed by atoms with Crippen LogP contribution in [0.2, 0.25) is 5.15 Å². The van der Waals surface area contributed by atoms with Crippen molar-refractivity contribution in [2.75, 3.05) is 38.1 Å². The van der Waals surface area contributed by atoms with Gasteiger partial charge in [-0.15, -0.1) is 0 Å². The Kier molecular flexibility index (Phi) is 6.59. The lowest BCUT2D eigenvalue weighted by atomic mass is 10.1. The molecule has 2 aromatic heterocycles. The Balaban J connectivity index is 1.44. The minimum Gasteiger partial charge on any atom is -0.366 e. The van der Waals surface area contributed by atoms with E-state index in [2.05, 4.69) is 31.2 Å². The number of benzene rings is 1. The Morgan fingerprint density at radius 2 is 1.97 bits per heavy atom. The number of H-pyrrole nitrogens is 1. The molecule has 1 saturated heterocycles. The third-order valence-corrected chi connectivity index (χ3v) is 6.49. The van der Waals surface area contributed by atoms with E-state index in [4.69, 9.17) is 23.8 Å². The average Bonchev–Trinajstić information content (AvgIpc) is 2.79. The van der Waals surface area contributed by atoms with Crippen LogP contribution in [0.1, 0.15) is 23.0 Å². The van der Waals surface area contributed by atoms with E-state index < -0.39 is 0 Å². The molecule has 168 valence electrons. The van der Waals surface area contributed by atoms with Gasteiger partial charge in [-0.25, -0.2) is 9.78 Å². The van der Waals surface area contributed by atoms with Crippen LogP contribution in [0.4, 0.5) is 5.69 Å². The molecular weight excluding hydrogens is 448 g/mol. The van der Waals surface area contributed by atoms with Gasteiger partial charge in [0.25, 0.3) is 5.91 Å². The second-order valence-electron chi connectivity index (χ2n) is 7.71. The zero-order chi connectivity index (χ0) is 22.8. The predicted molar refractivity (Wildman–Crippen MR) is 129 cm³/mol. The van der Waals surface area contributed by atoms with E-state index in [1.54, 1.807) is 17.7 Å². The van der Waals surface area contributed by atoms with Crippen LogP contribution < -0.4 is 15.9 Å². The molecule has 1 fully saturated rings. The van der Waals surface area contributed by atoms with Gasteiger partial charge in [0.15, 0.2) is 5.15 Å². The molecule has 0 atom stereocenters. The standard InChI is InChI=1S/C22H25ClN6O2S/c1-3-29-21(32)15-5-4-14(12-17(15)26-22(29)31)13-27-8-10-28(11-9-27)18-7-6-16(20(30)24-2)25-19(18)23/h4-7,12H,3,8-11,13H2,1-2H3,(H,24,30)(H,26,31). The van der Waals surface area contributed by atoms with Gasteiger partial charge >= 0.3 is 5.69 Å². The van der Waals surface area contributed by atoms with E-state index in [0.29, 0.717) is 22.0 Å². The number of fused-ring (bicyclic) bond motifs is 1. The number of aromatic nitrogens is 3. The van der Waals surface area contributed by atoms with Crippen LogP contribution in [-0.4, -0.2) is 58.6 Å². The van der Waals surface area contributed by atoms with Crippen molar-refractivity contribution in [2.45, 2.75) is 20.0 Å². The first-order valence-corrected chi connectivity index (χ1v) is 11.3. The van der Waals surface area contributed by atoms with Crippen LogP contribution in [-0.2, 0) is 13.1 Å². The van der Waals surface area contributed by atoms with Crippen molar-refractivity contribution in [1.29, 1.82) is 0 Å². The lowest BCUT2D eigenvalue weighted by Crippen LogP contribution is -2.46. The summed E-state index contributed by atoms with van der Waals surface area (Å²) in [6.07, 6.45) is 0. The molecule has 10 heteroatoms. The fourth-order valence-electron chi connectivity index (χ4n) is 4.01. The van der Waals surface area contributed by atoms with Gasteiger partial charge in [0, 0.05) is 51.7 Å². The zero-order valence-corrected chi connectivity index (χ0v) is 19.6. The van der Waals surface area contributed by atoms with Gasteiger partial charge in [0.2, 0.25) is 0 Å². The van der Waals surface area contributed by atoms with E-state index >= 15 is 0 Å². The Bertz CT molecular complexity index is 1280. The van der Waals surface area contributed by atoms with Crippen molar-refractivity contribution in [2.24, 2.45) is 0 Å². The van der Waals surface area contributed by atoms with E-state index in [0.717, 1.165) is 54.9 Å². The maximum absolute atomic E-state index is 12.2. The number of halogens is 1. The highest BCUT2D eigenvalue weighted by atomic mass is 35.5. The molecule has 1 amide bonds. The summed E-state index contributed by atoms with van der Waals surface area (Å²) in [4.78, 5) is 35.7. The van der Waals surface area contributed by atoms with Gasteiger partial charge in [-0.3, -0.25) is 14.3 Å². The van der Waals surface area contributed by atoms with Gasteiger partial charge in [-0.05, 0) is 36.8 Å². The molecule has 0 saturated carbocycles. The molecule has 1 aliphatic heterocycles. The van der Waals surface area contributed by atoms with Crippen molar-refractivity contribution in [3.05, 3.63) is 61.9 Å². The summed E-state index contributed by atoms with van der Waals surface area (Å²) in [5.41, 5.74) is 2.86. The molecule has 3 aromatic rings. The van der Waals surface area contributed by atoms with Crippen molar-refractivity contribution >= 4 is 46.3 Å². The van der Waals surface area contributed by atoms with Crippen molar-refractivity contribution < 1.29 is 4.79 Å². The molecule has 3 heterocycles. The Morgan fingerprint density at radius 3 is 2.62 bits per heavy atom. The number of anilines is 1. The number of carbonyl (C=O) groups excluding carboxylic acids is 1. The Hall–Kier alpha value is -2.75. The number of pyridine rings is 1. The zero-order valence-electron chi connectivity index (χ0n) is 18.0. The molecule has 0 spiro atoms. The van der Waals surface area contributed by atoms with E-state index in [1.807, 2.05) is 25.1 Å². The molecule has 2 N–H and O–H groups in total. The monoisotopic (exact) mass is 472 g/mol. The quantitative estimate of drug-likeness (QED) is 0.438. The van der Waals surface area contributed by atoms with Gasteiger partial charge in [-0.2, -0.15) is 0 Å². The maximum Gasteiger partial charge on any atom is 0.326 e. The summed E-state index contributed by atoms with van der Waals surface area (Å²) in [7, 11) is 1.57. The number of hydrogen-bond acceptors (Lipinski definition) is 6. The molecule has 0 unspecified atom stereocenters. The molecule has 1 aromatic carbocycles. The highest BCUT2D eigenvalue weighted by Gasteiger charge is 2.20. The highest BCUT2D eigenvalue weighted by Crippen LogP contribution is 2.26. The largest absolute Gasteiger partial charge is 0.366 e. The first kappa shape index (κ1) is 22.4. The first-order valence-electron chi connectivity index (χ1n) is 10.5. The predicted octanol–water partition coefficient (Wildman–Crippen LogP) is 2.81. The van der Waals surface area contributed by atoms with Crippen LogP contribution in [0.15, 0.2) is 35.1 Å².